The van der Waals surface area contributed by atoms with Crippen LogP contribution in [0.5, 0.6) is 11.5 Å². The summed E-state index contributed by atoms with van der Waals surface area (Å²) < 4.78 is 93.0. The normalized spacial score (nSPS) is 11.2. The topological polar surface area (TPSA) is 144 Å². The van der Waals surface area contributed by atoms with Crippen molar-refractivity contribution in [2.75, 3.05) is 19.5 Å². The highest BCUT2D eigenvalue weighted by molar-refractivity contribution is 9.10. The van der Waals surface area contributed by atoms with Crippen molar-refractivity contribution in [3.63, 3.8) is 0 Å². The second-order valence-corrected chi connectivity index (χ2v) is 13.9. The Morgan fingerprint density at radius 3 is 1.48 bits per heavy atom. The van der Waals surface area contributed by atoms with Crippen molar-refractivity contribution in [1.82, 2.24) is 39.0 Å². The van der Waals surface area contributed by atoms with Gasteiger partial charge in [-0.15, -0.1) is 0 Å². The van der Waals surface area contributed by atoms with Crippen molar-refractivity contribution in [2.45, 2.75) is 46.7 Å². The SMILES string of the molecule is C.COc1ccc2c(c1)nc(C(F)(F)F)n2-c1cnc(Br)cn1.COc1ccc2c(c1)nc(C(F)(F)F)n2-c1cnc(NCc2ccccc2C)cn1.Cc1ccccc1CN. The van der Waals surface area contributed by atoms with E-state index >= 15 is 0 Å². The fraction of sp³-hybridized carbons (Fsp3) is 0.209. The van der Waals surface area contributed by atoms with Crippen LogP contribution in [0.2, 0.25) is 0 Å². The van der Waals surface area contributed by atoms with Crippen LogP contribution in [0.3, 0.4) is 0 Å². The van der Waals surface area contributed by atoms with Crippen molar-refractivity contribution in [1.29, 1.82) is 0 Å². The number of fused-ring (bicyclic) bond motifs is 2. The van der Waals surface area contributed by atoms with E-state index in [0.29, 0.717) is 35.0 Å². The number of rotatable bonds is 8. The Hall–Kier alpha value is -6.60. The summed E-state index contributed by atoms with van der Waals surface area (Å²) in [5.41, 5.74) is 11.0. The summed E-state index contributed by atoms with van der Waals surface area (Å²) in [6.45, 7) is 5.25. The number of aryl methyl sites for hydroxylation is 2. The molecule has 12 nitrogen and oxygen atoms in total. The smallest absolute Gasteiger partial charge is 0.450 e. The average molecular weight is 924 g/mol. The molecular weight excluding hydrogens is 882 g/mol. The van der Waals surface area contributed by atoms with Crippen LogP contribution in [0.4, 0.5) is 32.2 Å². The summed E-state index contributed by atoms with van der Waals surface area (Å²) in [5, 5.41) is 3.13. The average Bonchev–Trinajstić information content (AvgIpc) is 3.84. The van der Waals surface area contributed by atoms with Crippen molar-refractivity contribution in [3.8, 4) is 23.1 Å². The first-order valence-corrected chi connectivity index (χ1v) is 19.0. The Morgan fingerprint density at radius 1 is 0.629 bits per heavy atom. The number of methoxy groups -OCH3 is 2. The molecule has 19 heteroatoms. The zero-order valence-electron chi connectivity index (χ0n) is 32.9. The third-order valence-corrected chi connectivity index (χ3v) is 9.55. The largest absolute Gasteiger partial charge is 0.497 e. The van der Waals surface area contributed by atoms with Gasteiger partial charge in [0, 0.05) is 25.2 Å². The lowest BCUT2D eigenvalue weighted by atomic mass is 10.1. The van der Waals surface area contributed by atoms with E-state index in [4.69, 9.17) is 15.2 Å². The van der Waals surface area contributed by atoms with E-state index in [-0.39, 0.29) is 41.1 Å². The molecule has 324 valence electrons. The number of nitrogens with two attached hydrogens (primary N) is 1. The third kappa shape index (κ3) is 10.8. The molecule has 0 saturated carbocycles. The second kappa shape index (κ2) is 19.9. The lowest BCUT2D eigenvalue weighted by Crippen LogP contribution is -2.15. The highest BCUT2D eigenvalue weighted by Gasteiger charge is 2.39. The predicted octanol–water partition coefficient (Wildman–Crippen LogP) is 10.5. The predicted molar refractivity (Wildman–Crippen MR) is 228 cm³/mol. The minimum absolute atomic E-state index is 0. The van der Waals surface area contributed by atoms with Gasteiger partial charge in [-0.1, -0.05) is 56.0 Å². The minimum atomic E-state index is -4.66. The van der Waals surface area contributed by atoms with Crippen molar-refractivity contribution in [2.24, 2.45) is 5.73 Å². The number of nitrogens with one attached hydrogen (secondary N) is 1. The number of ether oxygens (including phenoxy) is 2. The van der Waals surface area contributed by atoms with Gasteiger partial charge in [0.2, 0.25) is 11.6 Å². The maximum atomic E-state index is 13.6. The Balaban J connectivity index is 0.000000198. The lowest BCUT2D eigenvalue weighted by molar-refractivity contribution is -0.146. The van der Waals surface area contributed by atoms with E-state index in [1.54, 1.807) is 12.1 Å². The summed E-state index contributed by atoms with van der Waals surface area (Å²) >= 11 is 3.10. The molecule has 0 fully saturated rings. The Morgan fingerprint density at radius 2 is 1.10 bits per heavy atom. The van der Waals surface area contributed by atoms with Crippen LogP contribution in [0.25, 0.3) is 33.7 Å². The highest BCUT2D eigenvalue weighted by Crippen LogP contribution is 2.36. The molecule has 4 aromatic heterocycles. The van der Waals surface area contributed by atoms with Gasteiger partial charge in [0.05, 0.1) is 61.1 Å². The molecule has 0 saturated heterocycles. The van der Waals surface area contributed by atoms with Gasteiger partial charge in [0.15, 0.2) is 11.6 Å². The quantitative estimate of drug-likeness (QED) is 0.141. The maximum absolute atomic E-state index is 13.6. The molecule has 0 bridgehead atoms. The fourth-order valence-electron chi connectivity index (χ4n) is 6.00. The summed E-state index contributed by atoms with van der Waals surface area (Å²) in [4.78, 5) is 23.7. The first kappa shape index (κ1) is 46.5. The molecule has 0 unspecified atom stereocenters. The van der Waals surface area contributed by atoms with Gasteiger partial charge in [0.25, 0.3) is 0 Å². The number of alkyl halides is 6. The third-order valence-electron chi connectivity index (χ3n) is 9.14. The number of halogens is 7. The van der Waals surface area contributed by atoms with E-state index in [9.17, 15) is 26.3 Å². The summed E-state index contributed by atoms with van der Waals surface area (Å²) in [6.07, 6.45) is -4.02. The van der Waals surface area contributed by atoms with Gasteiger partial charge in [-0.05, 0) is 76.3 Å². The Bertz CT molecular complexity index is 2740. The van der Waals surface area contributed by atoms with Gasteiger partial charge >= 0.3 is 12.4 Å². The Labute approximate surface area is 361 Å². The molecule has 0 aliphatic rings. The van der Waals surface area contributed by atoms with Crippen LogP contribution in [-0.2, 0) is 25.4 Å². The van der Waals surface area contributed by atoms with Crippen LogP contribution in [0.1, 0.15) is 41.3 Å². The van der Waals surface area contributed by atoms with Crippen LogP contribution >= 0.6 is 15.9 Å². The number of anilines is 1. The zero-order valence-corrected chi connectivity index (χ0v) is 34.5. The van der Waals surface area contributed by atoms with Crippen molar-refractivity contribution in [3.05, 3.63) is 148 Å². The monoisotopic (exact) mass is 922 g/mol. The molecule has 0 aliphatic heterocycles. The van der Waals surface area contributed by atoms with Gasteiger partial charge < -0.3 is 20.5 Å². The molecule has 62 heavy (non-hydrogen) atoms. The van der Waals surface area contributed by atoms with Crippen LogP contribution < -0.4 is 20.5 Å². The van der Waals surface area contributed by atoms with Gasteiger partial charge in [0.1, 0.15) is 21.9 Å². The zero-order chi connectivity index (χ0) is 43.9. The number of nitrogens with zero attached hydrogens (tertiary/aromatic N) is 8. The maximum Gasteiger partial charge on any atom is 0.450 e. The standard InChI is InChI=1S/C21H18F3N5O.C13H8BrF3N4O.C8H11N.CH4/c1-13-5-3-4-6-14(13)10-25-18-11-27-19(12-26-18)29-17-8-7-15(30-2)9-16(17)28-20(29)21(22,23)24;1-22-7-2-3-9-8(4-7)20-12(13(15,16)17)21(9)11-6-18-10(14)5-19-11;1-7-4-2-3-5-8(7)6-9;/h3-9,11-12H,10H2,1-2H3,(H,25,26);2-6H,1H3;2-5H,6,9H2,1H3;1H4. The number of aromatic nitrogens is 8. The summed E-state index contributed by atoms with van der Waals surface area (Å²) in [7, 11) is 2.87. The number of benzene rings is 4. The molecule has 8 rings (SSSR count). The molecule has 3 N–H and O–H groups in total. The molecule has 0 spiro atoms. The first-order chi connectivity index (χ1) is 29.1. The number of hydrogen-bond acceptors (Lipinski definition) is 10. The van der Waals surface area contributed by atoms with Gasteiger partial charge in [-0.25, -0.2) is 29.9 Å². The summed E-state index contributed by atoms with van der Waals surface area (Å²) in [5.74, 6) is -0.773. The van der Waals surface area contributed by atoms with E-state index in [2.05, 4.69) is 70.2 Å². The Kier molecular flexibility index (Phi) is 14.9. The molecule has 0 amide bonds. The number of imidazole rings is 2. The lowest BCUT2D eigenvalue weighted by Gasteiger charge is -2.12. The fourth-order valence-corrected chi connectivity index (χ4v) is 6.21. The van der Waals surface area contributed by atoms with Gasteiger partial charge in [-0.3, -0.25) is 9.13 Å². The molecule has 4 heterocycles. The molecule has 4 aromatic carbocycles. The van der Waals surface area contributed by atoms with Crippen LogP contribution in [0.15, 0.2) is 114 Å². The minimum Gasteiger partial charge on any atom is -0.497 e. The van der Waals surface area contributed by atoms with Gasteiger partial charge in [-0.2, -0.15) is 26.3 Å². The molecular formula is C43H41BrF6N10O2. The van der Waals surface area contributed by atoms with Crippen LogP contribution in [-0.4, -0.2) is 53.3 Å². The van der Waals surface area contributed by atoms with Crippen molar-refractivity contribution < 1.29 is 35.8 Å². The number of hydrogen-bond donors (Lipinski definition) is 2. The molecule has 8 aromatic rings. The molecule has 0 aliphatic carbocycles. The summed E-state index contributed by atoms with van der Waals surface area (Å²) in [6, 6.07) is 25.1. The second-order valence-electron chi connectivity index (χ2n) is 13.1. The molecule has 0 atom stereocenters. The van der Waals surface area contributed by atoms with E-state index in [1.807, 2.05) is 43.3 Å². The van der Waals surface area contributed by atoms with E-state index in [1.165, 1.54) is 74.4 Å². The van der Waals surface area contributed by atoms with Crippen molar-refractivity contribution >= 4 is 43.8 Å². The van der Waals surface area contributed by atoms with Crippen LogP contribution in [0, 0.1) is 13.8 Å². The molecule has 0 radical (unpaired) electrons. The first-order valence-electron chi connectivity index (χ1n) is 18.2. The van der Waals surface area contributed by atoms with E-state index in [0.717, 1.165) is 20.3 Å². The van der Waals surface area contributed by atoms with E-state index < -0.39 is 24.0 Å². The highest BCUT2D eigenvalue weighted by atomic mass is 79.9.